The van der Waals surface area contributed by atoms with E-state index < -0.39 is 36.0 Å². The van der Waals surface area contributed by atoms with Crippen LogP contribution in [-0.2, 0) is 0 Å². The smallest absolute Gasteiger partial charge is 0.211 e. The van der Waals surface area contributed by atoms with Crippen LogP contribution in [0.25, 0.3) is 0 Å². The lowest BCUT2D eigenvalue weighted by molar-refractivity contribution is -0.320. The van der Waals surface area contributed by atoms with Crippen molar-refractivity contribution in [2.24, 2.45) is 5.41 Å². The SMILES string of the molecule is CC(F)(F)C(CC(F)F)(C(C)(F)F)C(C)(F)F. The van der Waals surface area contributed by atoms with Gasteiger partial charge >= 0.3 is 0 Å². The van der Waals surface area contributed by atoms with Crippen LogP contribution < -0.4 is 0 Å². The summed E-state index contributed by atoms with van der Waals surface area (Å²) in [5.41, 5.74) is -4.42. The number of hydrogen-bond donors (Lipinski definition) is 0. The van der Waals surface area contributed by atoms with Gasteiger partial charge in [0.2, 0.25) is 6.43 Å². The van der Waals surface area contributed by atoms with Crippen LogP contribution in [0.5, 0.6) is 0 Å². The fourth-order valence-corrected chi connectivity index (χ4v) is 1.93. The maximum absolute atomic E-state index is 13.1. The largest absolute Gasteiger partial charge is 0.262 e. The quantitative estimate of drug-likeness (QED) is 0.642. The van der Waals surface area contributed by atoms with Gasteiger partial charge in [-0.05, 0) is 0 Å². The fraction of sp³-hybridized carbons (Fsp3) is 1.00. The van der Waals surface area contributed by atoms with E-state index in [9.17, 15) is 35.1 Å². The molecule has 0 aliphatic rings. The number of hydrogen-bond acceptors (Lipinski definition) is 0. The standard InChI is InChI=1S/C9H12F8/c1-6(12,13)9(4-5(10)11,7(2,14)15)8(3,16)17/h5H,4H2,1-3H3. The van der Waals surface area contributed by atoms with E-state index in [1.807, 2.05) is 0 Å². The van der Waals surface area contributed by atoms with Gasteiger partial charge in [-0.3, -0.25) is 0 Å². The van der Waals surface area contributed by atoms with Crippen LogP contribution in [-0.4, -0.2) is 24.2 Å². The van der Waals surface area contributed by atoms with Crippen molar-refractivity contribution < 1.29 is 35.1 Å². The molecule has 0 aromatic rings. The van der Waals surface area contributed by atoms with E-state index in [0.717, 1.165) is 0 Å². The molecule has 104 valence electrons. The van der Waals surface area contributed by atoms with E-state index in [4.69, 9.17) is 0 Å². The lowest BCUT2D eigenvalue weighted by Gasteiger charge is -2.46. The zero-order valence-electron chi connectivity index (χ0n) is 9.31. The molecule has 17 heavy (non-hydrogen) atoms. The molecule has 0 spiro atoms. The molecule has 0 rings (SSSR count). The molecule has 0 aromatic heterocycles. The molecule has 0 amide bonds. The predicted octanol–water partition coefficient (Wildman–Crippen LogP) is 4.59. The normalized spacial score (nSPS) is 15.5. The topological polar surface area (TPSA) is 0 Å². The lowest BCUT2D eigenvalue weighted by atomic mass is 9.69. The molecular formula is C9H12F8. The Kier molecular flexibility index (Phi) is 4.13. The summed E-state index contributed by atoms with van der Waals surface area (Å²) in [6, 6.07) is 0. The summed E-state index contributed by atoms with van der Waals surface area (Å²) in [6.45, 7) is -0.612. The molecule has 0 heterocycles. The molecule has 0 saturated carbocycles. The molecule has 0 nitrogen and oxygen atoms in total. The van der Waals surface area contributed by atoms with E-state index in [1.165, 1.54) is 0 Å². The lowest BCUT2D eigenvalue weighted by Crippen LogP contribution is -2.61. The Balaban J connectivity index is 5.93. The van der Waals surface area contributed by atoms with E-state index in [2.05, 4.69) is 0 Å². The zero-order valence-corrected chi connectivity index (χ0v) is 9.31. The molecule has 0 N–H and O–H groups in total. The second-order valence-electron chi connectivity index (χ2n) is 4.17. The van der Waals surface area contributed by atoms with Gasteiger partial charge in [0.25, 0.3) is 17.8 Å². The first-order valence-electron chi connectivity index (χ1n) is 4.58. The molecule has 0 atom stereocenters. The van der Waals surface area contributed by atoms with E-state index in [-0.39, 0.29) is 20.8 Å². The Bertz CT molecular complexity index is 218. The molecule has 0 fully saturated rings. The maximum Gasteiger partial charge on any atom is 0.262 e. The van der Waals surface area contributed by atoms with Crippen molar-refractivity contribution >= 4 is 0 Å². The van der Waals surface area contributed by atoms with Crippen LogP contribution in [0.15, 0.2) is 0 Å². The summed E-state index contributed by atoms with van der Waals surface area (Å²) in [5.74, 6) is -14.0. The van der Waals surface area contributed by atoms with Gasteiger partial charge < -0.3 is 0 Å². The van der Waals surface area contributed by atoms with Crippen LogP contribution >= 0.6 is 0 Å². The Morgan fingerprint density at radius 1 is 0.706 bits per heavy atom. The van der Waals surface area contributed by atoms with Crippen molar-refractivity contribution in [3.8, 4) is 0 Å². The van der Waals surface area contributed by atoms with Crippen molar-refractivity contribution in [2.45, 2.75) is 51.4 Å². The Morgan fingerprint density at radius 2 is 0.941 bits per heavy atom. The van der Waals surface area contributed by atoms with Gasteiger partial charge in [0.1, 0.15) is 0 Å². The van der Waals surface area contributed by atoms with Gasteiger partial charge in [-0.15, -0.1) is 0 Å². The van der Waals surface area contributed by atoms with Crippen LogP contribution in [0, 0.1) is 5.41 Å². The van der Waals surface area contributed by atoms with E-state index in [0.29, 0.717) is 0 Å². The molecule has 8 heteroatoms. The fourth-order valence-electron chi connectivity index (χ4n) is 1.93. The van der Waals surface area contributed by atoms with Gasteiger partial charge in [-0.2, -0.15) is 0 Å². The number of halogens is 8. The highest BCUT2D eigenvalue weighted by molar-refractivity contribution is 5.06. The van der Waals surface area contributed by atoms with Crippen LogP contribution in [0.4, 0.5) is 35.1 Å². The minimum Gasteiger partial charge on any atom is -0.211 e. The van der Waals surface area contributed by atoms with Crippen molar-refractivity contribution in [2.75, 3.05) is 0 Å². The number of alkyl halides is 8. The minimum absolute atomic E-state index is 0.204. The molecule has 0 aliphatic heterocycles. The van der Waals surface area contributed by atoms with Crippen molar-refractivity contribution in [3.05, 3.63) is 0 Å². The van der Waals surface area contributed by atoms with Gasteiger partial charge in [0.15, 0.2) is 5.41 Å². The summed E-state index contributed by atoms with van der Waals surface area (Å²) >= 11 is 0. The summed E-state index contributed by atoms with van der Waals surface area (Å²) in [6.07, 6.45) is -5.98. The van der Waals surface area contributed by atoms with Crippen molar-refractivity contribution in [3.63, 3.8) is 0 Å². The number of rotatable bonds is 5. The molecule has 0 aliphatic carbocycles. The Hall–Kier alpha value is -0.560. The minimum atomic E-state index is -4.67. The average molecular weight is 272 g/mol. The molecule has 0 aromatic carbocycles. The van der Waals surface area contributed by atoms with E-state index in [1.54, 1.807) is 0 Å². The summed E-state index contributed by atoms with van der Waals surface area (Å²) < 4.78 is 103. The highest BCUT2D eigenvalue weighted by Crippen LogP contribution is 2.59. The van der Waals surface area contributed by atoms with Crippen LogP contribution in [0.1, 0.15) is 27.2 Å². The summed E-state index contributed by atoms with van der Waals surface area (Å²) in [7, 11) is 0. The van der Waals surface area contributed by atoms with Gasteiger partial charge in [-0.1, -0.05) is 0 Å². The Morgan fingerprint density at radius 3 is 1.00 bits per heavy atom. The monoisotopic (exact) mass is 272 g/mol. The third-order valence-corrected chi connectivity index (χ3v) is 2.71. The second kappa shape index (κ2) is 4.28. The molecule has 0 radical (unpaired) electrons. The van der Waals surface area contributed by atoms with Crippen LogP contribution in [0.2, 0.25) is 0 Å². The van der Waals surface area contributed by atoms with Crippen molar-refractivity contribution in [1.82, 2.24) is 0 Å². The first-order valence-corrected chi connectivity index (χ1v) is 4.58. The molecule has 0 bridgehead atoms. The summed E-state index contributed by atoms with van der Waals surface area (Å²) in [5, 5.41) is 0. The summed E-state index contributed by atoms with van der Waals surface area (Å²) in [4.78, 5) is 0. The molecular weight excluding hydrogens is 260 g/mol. The third kappa shape index (κ3) is 2.82. The average Bonchev–Trinajstić information content (AvgIpc) is 1.91. The van der Waals surface area contributed by atoms with E-state index >= 15 is 0 Å². The highest BCUT2D eigenvalue weighted by Gasteiger charge is 2.74. The van der Waals surface area contributed by atoms with Gasteiger partial charge in [0, 0.05) is 27.2 Å². The van der Waals surface area contributed by atoms with Gasteiger partial charge in [-0.25, -0.2) is 35.1 Å². The molecule has 0 saturated heterocycles. The highest BCUT2D eigenvalue weighted by atomic mass is 19.3. The second-order valence-corrected chi connectivity index (χ2v) is 4.17. The maximum atomic E-state index is 13.1. The van der Waals surface area contributed by atoms with Crippen LogP contribution in [0.3, 0.4) is 0 Å². The predicted molar refractivity (Wildman–Crippen MR) is 44.9 cm³/mol. The zero-order chi connectivity index (χ0) is 14.3. The third-order valence-electron chi connectivity index (χ3n) is 2.71. The first kappa shape index (κ1) is 16.4. The molecule has 0 unspecified atom stereocenters. The van der Waals surface area contributed by atoms with Crippen molar-refractivity contribution in [1.29, 1.82) is 0 Å². The van der Waals surface area contributed by atoms with Gasteiger partial charge in [0.05, 0.1) is 0 Å². The first-order chi connectivity index (χ1) is 7.17. The Labute approximate surface area is 93.0 Å².